The number of benzene rings is 2. The molecule has 2 aromatic carbocycles. The van der Waals surface area contributed by atoms with Crippen molar-refractivity contribution in [2.45, 2.75) is 79.4 Å². The van der Waals surface area contributed by atoms with E-state index in [0.717, 1.165) is 64.9 Å². The number of anilines is 2. The summed E-state index contributed by atoms with van der Waals surface area (Å²) in [6.07, 6.45) is 3.23. The lowest BCUT2D eigenvalue weighted by Gasteiger charge is -2.34. The number of hydrogen-bond acceptors (Lipinski definition) is 7. The van der Waals surface area contributed by atoms with E-state index in [2.05, 4.69) is 35.8 Å². The summed E-state index contributed by atoms with van der Waals surface area (Å²) in [4.78, 5) is 44.8. The van der Waals surface area contributed by atoms with Crippen LogP contribution in [0.2, 0.25) is 0 Å². The Balaban J connectivity index is 1.44. The van der Waals surface area contributed by atoms with Crippen molar-refractivity contribution in [3.63, 3.8) is 0 Å². The first-order chi connectivity index (χ1) is 21.7. The van der Waals surface area contributed by atoms with Gasteiger partial charge in [0, 0.05) is 63.1 Å². The average molecular weight is 613 g/mol. The Morgan fingerprint density at radius 2 is 1.40 bits per heavy atom. The minimum absolute atomic E-state index is 0.00767. The molecule has 0 N–H and O–H groups in total. The molecule has 0 amide bonds. The molecule has 0 unspecified atom stereocenters. The monoisotopic (exact) mass is 612 g/mol. The van der Waals surface area contributed by atoms with E-state index in [1.165, 1.54) is 4.57 Å². The normalized spacial score (nSPS) is 14.3. The van der Waals surface area contributed by atoms with E-state index in [-0.39, 0.29) is 23.0 Å². The van der Waals surface area contributed by atoms with Crippen LogP contribution >= 0.6 is 0 Å². The molecule has 0 radical (unpaired) electrons. The van der Waals surface area contributed by atoms with Crippen LogP contribution in [0.3, 0.4) is 0 Å². The van der Waals surface area contributed by atoms with Gasteiger partial charge in [-0.2, -0.15) is 0 Å². The minimum atomic E-state index is -0.281. The van der Waals surface area contributed by atoms with Gasteiger partial charge in [0.2, 0.25) is 0 Å². The molecule has 6 rings (SSSR count). The number of aryl methyl sites for hydroxylation is 4. The van der Waals surface area contributed by atoms with Gasteiger partial charge in [0.05, 0.1) is 21.9 Å². The average Bonchev–Trinajstić information content (AvgIpc) is 3.31. The topological polar surface area (TPSA) is 103 Å². The van der Waals surface area contributed by atoms with Gasteiger partial charge in [-0.1, -0.05) is 25.5 Å². The molecule has 11 heteroatoms. The van der Waals surface area contributed by atoms with Gasteiger partial charge < -0.3 is 9.80 Å². The van der Waals surface area contributed by atoms with Crippen molar-refractivity contribution in [2.24, 2.45) is 7.05 Å². The number of rotatable bonds is 9. The van der Waals surface area contributed by atoms with E-state index in [4.69, 9.17) is 10.2 Å². The number of piperidine rings is 1. The Labute approximate surface area is 262 Å². The van der Waals surface area contributed by atoms with Crippen molar-refractivity contribution < 1.29 is 0 Å². The highest BCUT2D eigenvalue weighted by Crippen LogP contribution is 2.36. The van der Waals surface area contributed by atoms with Crippen molar-refractivity contribution in [1.29, 1.82) is 0 Å². The zero-order valence-electron chi connectivity index (χ0n) is 27.3. The molecule has 1 fully saturated rings. The summed E-state index contributed by atoms with van der Waals surface area (Å²) in [5, 5.41) is 12.2. The first-order valence-corrected chi connectivity index (χ1v) is 16.4. The second kappa shape index (κ2) is 12.2. The van der Waals surface area contributed by atoms with Crippen LogP contribution in [0.1, 0.15) is 65.0 Å². The predicted molar refractivity (Wildman–Crippen MR) is 182 cm³/mol. The first-order valence-electron chi connectivity index (χ1n) is 16.4. The molecule has 1 aliphatic rings. The van der Waals surface area contributed by atoms with Crippen molar-refractivity contribution in [1.82, 2.24) is 28.5 Å². The van der Waals surface area contributed by atoms with Crippen molar-refractivity contribution in [3.05, 3.63) is 67.2 Å². The molecule has 238 valence electrons. The van der Waals surface area contributed by atoms with Crippen LogP contribution in [0, 0.1) is 6.92 Å². The molecule has 1 saturated heterocycles. The fourth-order valence-electron chi connectivity index (χ4n) is 7.13. The van der Waals surface area contributed by atoms with E-state index in [9.17, 15) is 14.4 Å². The molecule has 3 aromatic heterocycles. The number of aromatic nitrogens is 6. The van der Waals surface area contributed by atoms with E-state index in [0.29, 0.717) is 49.9 Å². The van der Waals surface area contributed by atoms with E-state index < -0.39 is 0 Å². The molecular formula is C34H44N8O3. The summed E-state index contributed by atoms with van der Waals surface area (Å²) in [7, 11) is 1.73. The quantitative estimate of drug-likeness (QED) is 0.240. The SMILES string of the molecule is CCCN(CCC)c1nnc(N2CCC(n3c(=O)c4cc(C)ccc4n(C)c3=O)CC2)c2cc3c(cc12)n(CC)c(=O)n3CC. The van der Waals surface area contributed by atoms with E-state index in [1.54, 1.807) is 11.6 Å². The zero-order chi connectivity index (χ0) is 32.0. The van der Waals surface area contributed by atoms with E-state index >= 15 is 0 Å². The molecular weight excluding hydrogens is 568 g/mol. The summed E-state index contributed by atoms with van der Waals surface area (Å²) in [6.45, 7) is 14.4. The van der Waals surface area contributed by atoms with Crippen LogP contribution in [0.15, 0.2) is 44.7 Å². The second-order valence-corrected chi connectivity index (χ2v) is 12.2. The number of hydrogen-bond donors (Lipinski definition) is 0. The van der Waals surface area contributed by atoms with Gasteiger partial charge in [-0.25, -0.2) is 9.59 Å². The number of nitrogens with zero attached hydrogens (tertiary/aromatic N) is 8. The van der Waals surface area contributed by atoms with Crippen LogP contribution in [-0.2, 0) is 20.1 Å². The Kier molecular flexibility index (Phi) is 8.28. The van der Waals surface area contributed by atoms with Gasteiger partial charge in [-0.05, 0) is 70.7 Å². The third kappa shape index (κ3) is 5.02. The first kappa shape index (κ1) is 30.6. The van der Waals surface area contributed by atoms with Crippen LogP contribution in [0.5, 0.6) is 0 Å². The number of imidazole rings is 1. The fraction of sp³-hybridized carbons (Fsp3) is 0.500. The van der Waals surface area contributed by atoms with Crippen LogP contribution < -0.4 is 26.7 Å². The minimum Gasteiger partial charge on any atom is -0.355 e. The zero-order valence-corrected chi connectivity index (χ0v) is 27.3. The lowest BCUT2D eigenvalue weighted by molar-refractivity contribution is 0.370. The maximum Gasteiger partial charge on any atom is 0.331 e. The van der Waals surface area contributed by atoms with Crippen LogP contribution in [0.25, 0.3) is 32.7 Å². The molecule has 4 heterocycles. The Morgan fingerprint density at radius 1 is 0.778 bits per heavy atom. The lowest BCUT2D eigenvalue weighted by atomic mass is 10.0. The molecule has 11 nitrogen and oxygen atoms in total. The third-order valence-electron chi connectivity index (χ3n) is 9.38. The second-order valence-electron chi connectivity index (χ2n) is 12.2. The third-order valence-corrected chi connectivity index (χ3v) is 9.38. The maximum absolute atomic E-state index is 13.6. The summed E-state index contributed by atoms with van der Waals surface area (Å²) >= 11 is 0. The Hall–Kier alpha value is -4.41. The molecule has 0 atom stereocenters. The summed E-state index contributed by atoms with van der Waals surface area (Å²) in [5.74, 6) is 1.62. The van der Waals surface area contributed by atoms with Gasteiger partial charge >= 0.3 is 11.4 Å². The summed E-state index contributed by atoms with van der Waals surface area (Å²) in [5.41, 5.74) is 2.93. The van der Waals surface area contributed by atoms with Gasteiger partial charge in [0.1, 0.15) is 0 Å². The predicted octanol–water partition coefficient (Wildman–Crippen LogP) is 4.58. The number of fused-ring (bicyclic) bond motifs is 3. The van der Waals surface area contributed by atoms with Gasteiger partial charge in [-0.15, -0.1) is 10.2 Å². The lowest BCUT2D eigenvalue weighted by Crippen LogP contribution is -2.45. The summed E-state index contributed by atoms with van der Waals surface area (Å²) < 4.78 is 6.70. The van der Waals surface area contributed by atoms with Crippen LogP contribution in [-0.4, -0.2) is 54.6 Å². The molecule has 0 spiro atoms. The Morgan fingerprint density at radius 3 is 2.00 bits per heavy atom. The molecule has 0 aliphatic carbocycles. The van der Waals surface area contributed by atoms with Gasteiger partial charge in [-0.3, -0.25) is 23.1 Å². The smallest absolute Gasteiger partial charge is 0.331 e. The molecule has 1 aliphatic heterocycles. The highest BCUT2D eigenvalue weighted by Gasteiger charge is 2.28. The summed E-state index contributed by atoms with van der Waals surface area (Å²) in [6, 6.07) is 9.67. The maximum atomic E-state index is 13.6. The van der Waals surface area contributed by atoms with Crippen LogP contribution in [0.4, 0.5) is 11.6 Å². The van der Waals surface area contributed by atoms with Crippen molar-refractivity contribution in [2.75, 3.05) is 36.0 Å². The van der Waals surface area contributed by atoms with E-state index in [1.807, 2.05) is 48.1 Å². The highest BCUT2D eigenvalue weighted by atomic mass is 16.2. The van der Waals surface area contributed by atoms with Crippen molar-refractivity contribution in [3.8, 4) is 0 Å². The van der Waals surface area contributed by atoms with Crippen molar-refractivity contribution >= 4 is 44.3 Å². The molecule has 0 bridgehead atoms. The largest absolute Gasteiger partial charge is 0.355 e. The Bertz CT molecular complexity index is 2070. The van der Waals surface area contributed by atoms with Gasteiger partial charge in [0.25, 0.3) is 5.56 Å². The fourth-order valence-corrected chi connectivity index (χ4v) is 7.13. The molecule has 45 heavy (non-hydrogen) atoms. The van der Waals surface area contributed by atoms with Gasteiger partial charge in [0.15, 0.2) is 11.6 Å². The molecule has 5 aromatic rings. The standard InChI is InChI=1S/C34H44N8O3/c1-7-15-38(16-8-2)30-24-20-28-29(41(10-4)34(45)40(28)9-3)21-25(24)31(36-35-30)39-17-13-23(14-18-39)42-32(43)26-19-22(5)11-12-27(26)37(6)33(42)44/h11-12,19-21,23H,7-10,13-18H2,1-6H3. The highest BCUT2D eigenvalue weighted by molar-refractivity contribution is 6.05. The molecule has 0 saturated carbocycles.